The molecular weight excluding hydrogens is 186 g/mol. The highest BCUT2D eigenvalue weighted by Gasteiger charge is 2.23. The molecule has 0 aromatic rings. The summed E-state index contributed by atoms with van der Waals surface area (Å²) in [6.45, 7) is 8.79. The summed E-state index contributed by atoms with van der Waals surface area (Å²) in [5, 5.41) is 3.46. The average Bonchev–Trinajstić information content (AvgIpc) is 2.20. The van der Waals surface area contributed by atoms with Gasteiger partial charge in [-0.25, -0.2) is 0 Å². The molecule has 0 aliphatic carbocycles. The lowest BCUT2D eigenvalue weighted by molar-refractivity contribution is 0.140. The molecule has 0 radical (unpaired) electrons. The lowest BCUT2D eigenvalue weighted by Crippen LogP contribution is -2.47. The van der Waals surface area contributed by atoms with Gasteiger partial charge in [-0.05, 0) is 19.8 Å². The molecule has 0 atom stereocenters. The number of alkyl halides is 1. The van der Waals surface area contributed by atoms with Crippen LogP contribution in [0.1, 0.15) is 33.6 Å². The number of ether oxygens (including phenoxy) is 1. The molecule has 0 saturated carbocycles. The molecule has 0 aliphatic heterocycles. The van der Waals surface area contributed by atoms with Crippen LogP contribution in [0.5, 0.6) is 0 Å². The van der Waals surface area contributed by atoms with E-state index in [0.717, 1.165) is 32.6 Å². The van der Waals surface area contributed by atoms with Crippen molar-refractivity contribution in [1.29, 1.82) is 0 Å². The van der Waals surface area contributed by atoms with E-state index >= 15 is 0 Å². The highest BCUT2D eigenvalue weighted by molar-refractivity contribution is 6.18. The Morgan fingerprint density at radius 2 is 1.85 bits per heavy atom. The number of hydrogen-bond acceptors (Lipinski definition) is 2. The fraction of sp³-hybridized carbons (Fsp3) is 1.00. The Bertz CT molecular complexity index is 107. The molecule has 0 aliphatic rings. The van der Waals surface area contributed by atoms with Gasteiger partial charge in [-0.2, -0.15) is 0 Å². The Balaban J connectivity index is 3.68. The molecule has 0 aromatic heterocycles. The van der Waals surface area contributed by atoms with Gasteiger partial charge in [-0.15, -0.1) is 11.6 Å². The largest absolute Gasteiger partial charge is 0.380 e. The van der Waals surface area contributed by atoms with Crippen LogP contribution in [0.4, 0.5) is 0 Å². The third-order valence-electron chi connectivity index (χ3n) is 2.56. The quantitative estimate of drug-likeness (QED) is 0.488. The van der Waals surface area contributed by atoms with Crippen LogP contribution in [0.25, 0.3) is 0 Å². The first-order valence-corrected chi connectivity index (χ1v) is 5.66. The second kappa shape index (κ2) is 7.60. The van der Waals surface area contributed by atoms with Crippen molar-refractivity contribution < 1.29 is 4.74 Å². The van der Waals surface area contributed by atoms with E-state index in [-0.39, 0.29) is 5.54 Å². The topological polar surface area (TPSA) is 21.3 Å². The minimum absolute atomic E-state index is 0.110. The van der Waals surface area contributed by atoms with Crippen LogP contribution in [0.3, 0.4) is 0 Å². The predicted octanol–water partition coefficient (Wildman–Crippen LogP) is 2.41. The molecule has 80 valence electrons. The Morgan fingerprint density at radius 1 is 1.23 bits per heavy atom. The van der Waals surface area contributed by atoms with Crippen LogP contribution in [0.2, 0.25) is 0 Å². The zero-order valence-electron chi connectivity index (χ0n) is 9.03. The Kier molecular flexibility index (Phi) is 7.72. The summed E-state index contributed by atoms with van der Waals surface area (Å²) in [6, 6.07) is 0. The van der Waals surface area contributed by atoms with E-state index < -0.39 is 0 Å². The summed E-state index contributed by atoms with van der Waals surface area (Å²) < 4.78 is 5.26. The van der Waals surface area contributed by atoms with Crippen LogP contribution >= 0.6 is 11.6 Å². The number of nitrogens with one attached hydrogen (secondary N) is 1. The van der Waals surface area contributed by atoms with E-state index in [9.17, 15) is 0 Å². The predicted molar refractivity (Wildman–Crippen MR) is 58.5 cm³/mol. The third kappa shape index (κ3) is 4.84. The normalized spacial score (nSPS) is 12.0. The van der Waals surface area contributed by atoms with E-state index in [0.29, 0.717) is 5.88 Å². The van der Waals surface area contributed by atoms with Gasteiger partial charge in [0.15, 0.2) is 0 Å². The smallest absolute Gasteiger partial charge is 0.0590 e. The minimum atomic E-state index is 0.110. The van der Waals surface area contributed by atoms with Gasteiger partial charge in [-0.3, -0.25) is 0 Å². The van der Waals surface area contributed by atoms with Crippen molar-refractivity contribution in [2.75, 3.05) is 25.6 Å². The summed E-state index contributed by atoms with van der Waals surface area (Å²) in [5.74, 6) is 0.673. The maximum atomic E-state index is 5.93. The molecule has 0 bridgehead atoms. The number of rotatable bonds is 8. The van der Waals surface area contributed by atoms with E-state index in [1.54, 1.807) is 0 Å². The zero-order chi connectivity index (χ0) is 10.2. The molecule has 0 spiro atoms. The molecule has 2 nitrogen and oxygen atoms in total. The average molecular weight is 208 g/mol. The summed E-state index contributed by atoms with van der Waals surface area (Å²) in [4.78, 5) is 0. The van der Waals surface area contributed by atoms with E-state index in [2.05, 4.69) is 19.2 Å². The zero-order valence-corrected chi connectivity index (χ0v) is 9.78. The van der Waals surface area contributed by atoms with Crippen molar-refractivity contribution in [3.63, 3.8) is 0 Å². The molecule has 3 heteroatoms. The second-order valence-corrected chi connectivity index (χ2v) is 3.51. The van der Waals surface area contributed by atoms with Gasteiger partial charge in [-0.1, -0.05) is 13.8 Å². The lowest BCUT2D eigenvalue weighted by atomic mass is 9.95. The number of halogens is 1. The van der Waals surface area contributed by atoms with Gasteiger partial charge < -0.3 is 10.1 Å². The Morgan fingerprint density at radius 3 is 2.23 bits per heavy atom. The van der Waals surface area contributed by atoms with Crippen molar-refractivity contribution in [2.24, 2.45) is 0 Å². The summed E-state index contributed by atoms with van der Waals surface area (Å²) in [7, 11) is 0. The van der Waals surface area contributed by atoms with Crippen LogP contribution in [-0.4, -0.2) is 31.2 Å². The molecular formula is C10H22ClNO. The highest BCUT2D eigenvalue weighted by Crippen LogP contribution is 2.16. The first-order chi connectivity index (χ1) is 6.24. The van der Waals surface area contributed by atoms with Crippen LogP contribution in [0, 0.1) is 0 Å². The molecule has 1 N–H and O–H groups in total. The van der Waals surface area contributed by atoms with E-state index in [4.69, 9.17) is 16.3 Å². The lowest BCUT2D eigenvalue weighted by Gasteiger charge is -2.30. The SMILES string of the molecule is CCOCCNC(CC)(CC)CCl. The van der Waals surface area contributed by atoms with Gasteiger partial charge >= 0.3 is 0 Å². The van der Waals surface area contributed by atoms with Crippen molar-refractivity contribution >= 4 is 11.6 Å². The molecule has 0 unspecified atom stereocenters. The van der Waals surface area contributed by atoms with E-state index in [1.165, 1.54) is 0 Å². The van der Waals surface area contributed by atoms with Gasteiger partial charge in [0, 0.05) is 24.6 Å². The van der Waals surface area contributed by atoms with E-state index in [1.807, 2.05) is 6.92 Å². The standard InChI is InChI=1S/C10H22ClNO/c1-4-10(5-2,9-11)12-7-8-13-6-3/h12H,4-9H2,1-3H3. The first-order valence-electron chi connectivity index (χ1n) is 5.13. The minimum Gasteiger partial charge on any atom is -0.380 e. The van der Waals surface area contributed by atoms with Crippen molar-refractivity contribution in [2.45, 2.75) is 39.2 Å². The fourth-order valence-electron chi connectivity index (χ4n) is 1.27. The molecule has 0 aromatic carbocycles. The van der Waals surface area contributed by atoms with Gasteiger partial charge in [0.2, 0.25) is 0 Å². The Hall–Kier alpha value is 0.210. The maximum absolute atomic E-state index is 5.93. The van der Waals surface area contributed by atoms with Crippen molar-refractivity contribution in [3.8, 4) is 0 Å². The van der Waals surface area contributed by atoms with Crippen LogP contribution < -0.4 is 5.32 Å². The summed E-state index contributed by atoms with van der Waals surface area (Å²) >= 11 is 5.93. The van der Waals surface area contributed by atoms with Crippen LogP contribution in [0.15, 0.2) is 0 Å². The molecule has 0 heterocycles. The first kappa shape index (κ1) is 13.2. The van der Waals surface area contributed by atoms with Gasteiger partial charge in [0.1, 0.15) is 0 Å². The molecule has 13 heavy (non-hydrogen) atoms. The van der Waals surface area contributed by atoms with Gasteiger partial charge in [0.25, 0.3) is 0 Å². The summed E-state index contributed by atoms with van der Waals surface area (Å²) in [6.07, 6.45) is 2.14. The van der Waals surface area contributed by atoms with Crippen molar-refractivity contribution in [3.05, 3.63) is 0 Å². The molecule has 0 rings (SSSR count). The highest BCUT2D eigenvalue weighted by atomic mass is 35.5. The molecule has 0 amide bonds. The second-order valence-electron chi connectivity index (χ2n) is 3.24. The fourth-order valence-corrected chi connectivity index (χ4v) is 1.74. The van der Waals surface area contributed by atoms with Crippen LogP contribution in [-0.2, 0) is 4.74 Å². The molecule has 0 fully saturated rings. The number of hydrogen-bond donors (Lipinski definition) is 1. The molecule has 0 saturated heterocycles. The summed E-state index contributed by atoms with van der Waals surface area (Å²) in [5.41, 5.74) is 0.110. The van der Waals surface area contributed by atoms with Gasteiger partial charge in [0.05, 0.1) is 6.61 Å². The van der Waals surface area contributed by atoms with Crippen molar-refractivity contribution in [1.82, 2.24) is 5.32 Å². The monoisotopic (exact) mass is 207 g/mol. The Labute approximate surface area is 87.0 Å². The maximum Gasteiger partial charge on any atom is 0.0590 e. The third-order valence-corrected chi connectivity index (χ3v) is 3.07.